The number of anilines is 1. The van der Waals surface area contributed by atoms with Crippen LogP contribution in [0.4, 0.5) is 5.69 Å². The van der Waals surface area contributed by atoms with Crippen molar-refractivity contribution >= 4 is 11.5 Å². The number of para-hydroxylation sites is 1. The van der Waals surface area contributed by atoms with Gasteiger partial charge < -0.3 is 4.90 Å². The lowest BCUT2D eigenvalue weighted by Crippen LogP contribution is -2.22. The molecule has 1 aromatic rings. The fourth-order valence-electron chi connectivity index (χ4n) is 2.11. The fraction of sp³-hybridized carbons (Fsp3) is 0.533. The quantitative estimate of drug-likeness (QED) is 0.775. The number of nitrogens with zero attached hydrogens (tertiary/aromatic N) is 1. The third kappa shape index (κ3) is 3.58. The van der Waals surface area contributed by atoms with E-state index in [9.17, 15) is 4.79 Å². The number of carbonyl (C=O) groups excluding carboxylic acids is 1. The van der Waals surface area contributed by atoms with Gasteiger partial charge in [0.05, 0.1) is 0 Å². The monoisotopic (exact) mass is 233 g/mol. The van der Waals surface area contributed by atoms with Crippen LogP contribution in [0, 0.1) is 6.92 Å². The lowest BCUT2D eigenvalue weighted by Gasteiger charge is -2.25. The molecule has 0 spiro atoms. The summed E-state index contributed by atoms with van der Waals surface area (Å²) in [6.07, 6.45) is 0.613. The largest absolute Gasteiger partial charge is 0.374 e. The molecule has 0 amide bonds. The number of rotatable bonds is 5. The summed E-state index contributed by atoms with van der Waals surface area (Å²) in [5.41, 5.74) is 3.92. The van der Waals surface area contributed by atoms with Gasteiger partial charge in [0.15, 0.2) is 0 Å². The van der Waals surface area contributed by atoms with Gasteiger partial charge in [-0.2, -0.15) is 0 Å². The second kappa shape index (κ2) is 5.85. The van der Waals surface area contributed by atoms with E-state index in [0.29, 0.717) is 12.3 Å². The number of carbonyl (C=O) groups is 1. The van der Waals surface area contributed by atoms with Crippen molar-refractivity contribution < 1.29 is 4.79 Å². The summed E-state index contributed by atoms with van der Waals surface area (Å²) in [4.78, 5) is 13.3. The Bertz CT molecular complexity index is 396. The second-order valence-electron chi connectivity index (χ2n) is 5.04. The normalized spacial score (nSPS) is 10.7. The van der Waals surface area contributed by atoms with E-state index in [4.69, 9.17) is 0 Å². The van der Waals surface area contributed by atoms with E-state index in [1.54, 1.807) is 6.92 Å². The van der Waals surface area contributed by atoms with Crippen molar-refractivity contribution in [2.75, 3.05) is 18.5 Å². The summed E-state index contributed by atoms with van der Waals surface area (Å²) >= 11 is 0. The van der Waals surface area contributed by atoms with Crippen LogP contribution < -0.4 is 4.90 Å². The van der Waals surface area contributed by atoms with Crippen LogP contribution in [0.25, 0.3) is 0 Å². The summed E-state index contributed by atoms with van der Waals surface area (Å²) in [5, 5.41) is 0. The predicted octanol–water partition coefficient (Wildman–Crippen LogP) is 3.53. The Morgan fingerprint density at radius 3 is 2.53 bits per heavy atom. The van der Waals surface area contributed by atoms with Gasteiger partial charge in [-0.25, -0.2) is 0 Å². The van der Waals surface area contributed by atoms with Gasteiger partial charge in [-0.05, 0) is 30.9 Å². The summed E-state index contributed by atoms with van der Waals surface area (Å²) in [6.45, 7) is 8.98. The van der Waals surface area contributed by atoms with Gasteiger partial charge >= 0.3 is 0 Å². The number of benzene rings is 1. The maximum atomic E-state index is 11.1. The highest BCUT2D eigenvalue weighted by Gasteiger charge is 2.13. The Morgan fingerprint density at radius 2 is 2.00 bits per heavy atom. The Hall–Kier alpha value is -1.31. The molecule has 2 nitrogen and oxygen atoms in total. The maximum Gasteiger partial charge on any atom is 0.131 e. The first kappa shape index (κ1) is 13.8. The van der Waals surface area contributed by atoms with Gasteiger partial charge in [-0.1, -0.05) is 32.0 Å². The van der Waals surface area contributed by atoms with Gasteiger partial charge in [0.1, 0.15) is 5.78 Å². The molecule has 0 aliphatic rings. The number of hydrogen-bond donors (Lipinski definition) is 0. The van der Waals surface area contributed by atoms with E-state index < -0.39 is 0 Å². The Morgan fingerprint density at radius 1 is 1.35 bits per heavy atom. The first-order chi connectivity index (χ1) is 7.93. The van der Waals surface area contributed by atoms with Crippen LogP contribution in [0.15, 0.2) is 18.2 Å². The summed E-state index contributed by atoms with van der Waals surface area (Å²) in [6, 6.07) is 6.41. The topological polar surface area (TPSA) is 20.3 Å². The third-order valence-electron chi connectivity index (χ3n) is 3.07. The molecule has 0 aliphatic heterocycles. The summed E-state index contributed by atoms with van der Waals surface area (Å²) in [7, 11) is 2.07. The SMILES string of the molecule is CC(=O)CCN(C)c1c(C)cccc1C(C)C. The highest BCUT2D eigenvalue weighted by molar-refractivity contribution is 5.76. The number of Topliss-reactive ketones (excluding diaryl/α,β-unsaturated/α-hetero) is 1. The van der Waals surface area contributed by atoms with Crippen molar-refractivity contribution in [3.63, 3.8) is 0 Å². The molecule has 0 saturated heterocycles. The number of aryl methyl sites for hydroxylation is 1. The van der Waals surface area contributed by atoms with Crippen LogP contribution in [-0.4, -0.2) is 19.4 Å². The molecule has 17 heavy (non-hydrogen) atoms. The van der Waals surface area contributed by atoms with E-state index in [1.807, 2.05) is 0 Å². The lowest BCUT2D eigenvalue weighted by molar-refractivity contribution is -0.116. The molecule has 0 aromatic heterocycles. The zero-order valence-corrected chi connectivity index (χ0v) is 11.6. The zero-order chi connectivity index (χ0) is 13.0. The van der Waals surface area contributed by atoms with Crippen LogP contribution in [-0.2, 0) is 4.79 Å². The molecule has 1 aromatic carbocycles. The first-order valence-corrected chi connectivity index (χ1v) is 6.23. The number of hydrogen-bond acceptors (Lipinski definition) is 2. The van der Waals surface area contributed by atoms with Crippen molar-refractivity contribution in [3.05, 3.63) is 29.3 Å². The molecule has 0 atom stereocenters. The van der Waals surface area contributed by atoms with Crippen molar-refractivity contribution in [2.24, 2.45) is 0 Å². The highest BCUT2D eigenvalue weighted by atomic mass is 16.1. The molecule has 0 aliphatic carbocycles. The molecular weight excluding hydrogens is 210 g/mol. The molecule has 0 fully saturated rings. The average molecular weight is 233 g/mol. The standard InChI is InChI=1S/C15H23NO/c1-11(2)14-8-6-7-12(3)15(14)16(5)10-9-13(4)17/h6-8,11H,9-10H2,1-5H3. The van der Waals surface area contributed by atoms with Gasteiger partial charge in [-0.3, -0.25) is 4.79 Å². The second-order valence-corrected chi connectivity index (χ2v) is 5.04. The highest BCUT2D eigenvalue weighted by Crippen LogP contribution is 2.30. The summed E-state index contributed by atoms with van der Waals surface area (Å²) in [5.74, 6) is 0.751. The third-order valence-corrected chi connectivity index (χ3v) is 3.07. The zero-order valence-electron chi connectivity index (χ0n) is 11.6. The minimum absolute atomic E-state index is 0.247. The van der Waals surface area contributed by atoms with Crippen LogP contribution in [0.2, 0.25) is 0 Å². The van der Waals surface area contributed by atoms with Gasteiger partial charge in [-0.15, -0.1) is 0 Å². The van der Waals surface area contributed by atoms with Crippen LogP contribution in [0.5, 0.6) is 0 Å². The predicted molar refractivity (Wildman–Crippen MR) is 73.8 cm³/mol. The molecule has 0 unspecified atom stereocenters. The van der Waals surface area contributed by atoms with Gasteiger partial charge in [0, 0.05) is 25.7 Å². The van der Waals surface area contributed by atoms with E-state index in [2.05, 4.69) is 50.9 Å². The van der Waals surface area contributed by atoms with Gasteiger partial charge in [0.2, 0.25) is 0 Å². The van der Waals surface area contributed by atoms with Crippen molar-refractivity contribution in [1.82, 2.24) is 0 Å². The van der Waals surface area contributed by atoms with Crippen LogP contribution in [0.3, 0.4) is 0 Å². The summed E-state index contributed by atoms with van der Waals surface area (Å²) < 4.78 is 0. The Labute approximate surface area is 105 Å². The van der Waals surface area contributed by atoms with Crippen molar-refractivity contribution in [1.29, 1.82) is 0 Å². The van der Waals surface area contributed by atoms with Crippen LogP contribution in [0.1, 0.15) is 44.2 Å². The smallest absolute Gasteiger partial charge is 0.131 e. The number of ketones is 1. The van der Waals surface area contributed by atoms with E-state index in [1.165, 1.54) is 16.8 Å². The van der Waals surface area contributed by atoms with Gasteiger partial charge in [0.25, 0.3) is 0 Å². The molecule has 0 bridgehead atoms. The fourth-order valence-corrected chi connectivity index (χ4v) is 2.11. The van der Waals surface area contributed by atoms with Crippen molar-refractivity contribution in [3.8, 4) is 0 Å². The van der Waals surface area contributed by atoms with Crippen LogP contribution >= 0.6 is 0 Å². The molecular formula is C15H23NO. The average Bonchev–Trinajstić information content (AvgIpc) is 2.25. The van der Waals surface area contributed by atoms with E-state index >= 15 is 0 Å². The first-order valence-electron chi connectivity index (χ1n) is 6.23. The minimum atomic E-state index is 0.247. The van der Waals surface area contributed by atoms with E-state index in [0.717, 1.165) is 6.54 Å². The molecule has 2 heteroatoms. The lowest BCUT2D eigenvalue weighted by atomic mass is 9.97. The molecule has 0 saturated carbocycles. The Balaban J connectivity index is 2.98. The molecule has 94 valence electrons. The minimum Gasteiger partial charge on any atom is -0.374 e. The maximum absolute atomic E-state index is 11.1. The molecule has 0 heterocycles. The molecule has 0 radical (unpaired) electrons. The van der Waals surface area contributed by atoms with Crippen molar-refractivity contribution in [2.45, 2.75) is 40.0 Å². The molecule has 0 N–H and O–H groups in total. The van der Waals surface area contributed by atoms with E-state index in [-0.39, 0.29) is 5.78 Å². The Kier molecular flexibility index (Phi) is 4.73. The molecule has 1 rings (SSSR count).